The Balaban J connectivity index is 1.93. The third-order valence-electron chi connectivity index (χ3n) is 3.10. The fourth-order valence-corrected chi connectivity index (χ4v) is 2.65. The average molecular weight is 337 g/mol. The Kier molecular flexibility index (Phi) is 5.64. The molecule has 0 saturated heterocycles. The number of hydrogen-bond acceptors (Lipinski definition) is 4. The van der Waals surface area contributed by atoms with E-state index in [1.807, 2.05) is 0 Å². The van der Waals surface area contributed by atoms with Crippen LogP contribution in [0.15, 0.2) is 30.5 Å². The van der Waals surface area contributed by atoms with Crippen molar-refractivity contribution in [3.05, 3.63) is 46.7 Å². The summed E-state index contributed by atoms with van der Waals surface area (Å²) >= 11 is 1.25. The van der Waals surface area contributed by atoms with E-state index in [0.717, 1.165) is 4.88 Å². The lowest BCUT2D eigenvalue weighted by atomic mass is 10.1. The zero-order valence-corrected chi connectivity index (χ0v) is 13.3. The SMILES string of the molecule is CN(CCC(=O)O)C(=O)Nc1ncc(Cc2ccccc2F)s1. The van der Waals surface area contributed by atoms with Crippen LogP contribution in [-0.4, -0.2) is 40.6 Å². The molecule has 1 aromatic carbocycles. The van der Waals surface area contributed by atoms with E-state index in [9.17, 15) is 14.0 Å². The minimum Gasteiger partial charge on any atom is -0.481 e. The molecule has 6 nitrogen and oxygen atoms in total. The molecule has 0 radical (unpaired) electrons. The Morgan fingerprint density at radius 1 is 1.39 bits per heavy atom. The molecule has 1 heterocycles. The van der Waals surface area contributed by atoms with Crippen LogP contribution < -0.4 is 5.32 Å². The number of benzene rings is 1. The molecule has 1 aromatic heterocycles. The molecule has 2 amide bonds. The van der Waals surface area contributed by atoms with Crippen LogP contribution in [0.3, 0.4) is 0 Å². The number of nitrogens with one attached hydrogen (secondary N) is 1. The summed E-state index contributed by atoms with van der Waals surface area (Å²) in [6.07, 6.45) is 1.86. The maximum absolute atomic E-state index is 13.6. The number of aromatic nitrogens is 1. The third kappa shape index (κ3) is 5.03. The summed E-state index contributed by atoms with van der Waals surface area (Å²) in [6, 6.07) is 6.06. The highest BCUT2D eigenvalue weighted by Crippen LogP contribution is 2.22. The number of halogens is 1. The van der Waals surface area contributed by atoms with Gasteiger partial charge in [-0.2, -0.15) is 0 Å². The van der Waals surface area contributed by atoms with Gasteiger partial charge >= 0.3 is 12.0 Å². The molecule has 23 heavy (non-hydrogen) atoms. The molecule has 0 unspecified atom stereocenters. The summed E-state index contributed by atoms with van der Waals surface area (Å²) in [7, 11) is 1.51. The highest BCUT2D eigenvalue weighted by molar-refractivity contribution is 7.15. The molecule has 0 atom stereocenters. The van der Waals surface area contributed by atoms with E-state index >= 15 is 0 Å². The van der Waals surface area contributed by atoms with Gasteiger partial charge in [0, 0.05) is 31.1 Å². The van der Waals surface area contributed by atoms with Gasteiger partial charge < -0.3 is 10.0 Å². The van der Waals surface area contributed by atoms with Gasteiger partial charge in [0.2, 0.25) is 0 Å². The van der Waals surface area contributed by atoms with Gasteiger partial charge in [-0.1, -0.05) is 18.2 Å². The number of carbonyl (C=O) groups excluding carboxylic acids is 1. The number of hydrogen-bond donors (Lipinski definition) is 2. The van der Waals surface area contributed by atoms with E-state index in [0.29, 0.717) is 17.1 Å². The number of carbonyl (C=O) groups is 2. The first-order chi connectivity index (χ1) is 11.0. The van der Waals surface area contributed by atoms with Crippen molar-refractivity contribution < 1.29 is 19.1 Å². The Labute approximate surface area is 136 Å². The summed E-state index contributed by atoms with van der Waals surface area (Å²) in [4.78, 5) is 28.5. The number of aliphatic carboxylic acids is 1. The van der Waals surface area contributed by atoms with Crippen LogP contribution in [0.4, 0.5) is 14.3 Å². The predicted octanol–water partition coefficient (Wildman–Crippen LogP) is 2.81. The van der Waals surface area contributed by atoms with Crippen molar-refractivity contribution in [2.24, 2.45) is 0 Å². The van der Waals surface area contributed by atoms with Crippen LogP contribution in [-0.2, 0) is 11.2 Å². The van der Waals surface area contributed by atoms with Gasteiger partial charge in [-0.15, -0.1) is 11.3 Å². The first-order valence-electron chi connectivity index (χ1n) is 6.87. The fourth-order valence-electron chi connectivity index (χ4n) is 1.83. The van der Waals surface area contributed by atoms with E-state index in [2.05, 4.69) is 10.3 Å². The summed E-state index contributed by atoms with van der Waals surface area (Å²) in [6.45, 7) is 0.106. The van der Waals surface area contributed by atoms with Gasteiger partial charge in [0.15, 0.2) is 5.13 Å². The van der Waals surface area contributed by atoms with Gasteiger partial charge in [-0.05, 0) is 11.6 Å². The van der Waals surface area contributed by atoms with Crippen LogP contribution >= 0.6 is 11.3 Å². The summed E-state index contributed by atoms with van der Waals surface area (Å²) < 4.78 is 13.6. The molecule has 0 saturated carbocycles. The predicted molar refractivity (Wildman–Crippen MR) is 85.2 cm³/mol. The number of rotatable bonds is 6. The number of nitrogens with zero attached hydrogens (tertiary/aromatic N) is 2. The van der Waals surface area contributed by atoms with Crippen molar-refractivity contribution in [2.45, 2.75) is 12.8 Å². The monoisotopic (exact) mass is 337 g/mol. The molecule has 8 heteroatoms. The standard InChI is InChI=1S/C15H16FN3O3S/c1-19(7-6-13(20)21)15(22)18-14-17-9-11(23-14)8-10-4-2-3-5-12(10)16/h2-5,9H,6-8H2,1H3,(H,20,21)(H,17,18,22). The number of carboxylic acids is 1. The molecule has 2 aromatic rings. The van der Waals surface area contributed by atoms with Crippen molar-refractivity contribution in [3.8, 4) is 0 Å². The van der Waals surface area contributed by atoms with Crippen molar-refractivity contribution in [3.63, 3.8) is 0 Å². The summed E-state index contributed by atoms with van der Waals surface area (Å²) in [5, 5.41) is 11.6. The number of anilines is 1. The number of urea groups is 1. The lowest BCUT2D eigenvalue weighted by molar-refractivity contribution is -0.137. The Morgan fingerprint density at radius 3 is 2.83 bits per heavy atom. The van der Waals surface area contributed by atoms with E-state index in [1.165, 1.54) is 29.4 Å². The second-order valence-electron chi connectivity index (χ2n) is 4.90. The number of carboxylic acid groups (broad SMARTS) is 1. The minimum atomic E-state index is -0.967. The number of thiazole rings is 1. The lowest BCUT2D eigenvalue weighted by Gasteiger charge is -2.15. The normalized spacial score (nSPS) is 10.3. The van der Waals surface area contributed by atoms with Crippen LogP contribution in [0.25, 0.3) is 0 Å². The topological polar surface area (TPSA) is 82.5 Å². The first kappa shape index (κ1) is 16.9. The highest BCUT2D eigenvalue weighted by Gasteiger charge is 2.13. The zero-order chi connectivity index (χ0) is 16.8. The van der Waals surface area contributed by atoms with Crippen molar-refractivity contribution in [1.29, 1.82) is 0 Å². The molecular formula is C15H16FN3O3S. The van der Waals surface area contributed by atoms with E-state index in [-0.39, 0.29) is 18.8 Å². The molecule has 0 aliphatic carbocycles. The smallest absolute Gasteiger partial charge is 0.323 e. The van der Waals surface area contributed by atoms with Gasteiger partial charge in [0.1, 0.15) is 5.82 Å². The average Bonchev–Trinajstić information content (AvgIpc) is 2.94. The zero-order valence-electron chi connectivity index (χ0n) is 12.5. The minimum absolute atomic E-state index is 0.106. The molecule has 0 aliphatic rings. The van der Waals surface area contributed by atoms with E-state index in [1.54, 1.807) is 24.4 Å². The Hall–Kier alpha value is -2.48. The van der Waals surface area contributed by atoms with Gasteiger partial charge in [0.25, 0.3) is 0 Å². The maximum Gasteiger partial charge on any atom is 0.323 e. The second-order valence-corrected chi connectivity index (χ2v) is 6.01. The second kappa shape index (κ2) is 7.68. The van der Waals surface area contributed by atoms with E-state index < -0.39 is 12.0 Å². The maximum atomic E-state index is 13.6. The largest absolute Gasteiger partial charge is 0.481 e. The van der Waals surface area contributed by atoms with Crippen LogP contribution in [0.5, 0.6) is 0 Å². The fraction of sp³-hybridized carbons (Fsp3) is 0.267. The quantitative estimate of drug-likeness (QED) is 0.849. The molecule has 0 aliphatic heterocycles. The Morgan fingerprint density at radius 2 is 2.13 bits per heavy atom. The first-order valence-corrected chi connectivity index (χ1v) is 7.69. The molecule has 0 spiro atoms. The number of amides is 2. The van der Waals surface area contributed by atoms with Crippen LogP contribution in [0.1, 0.15) is 16.9 Å². The van der Waals surface area contributed by atoms with Gasteiger partial charge in [-0.3, -0.25) is 10.1 Å². The van der Waals surface area contributed by atoms with Gasteiger partial charge in [-0.25, -0.2) is 14.2 Å². The molecule has 0 bridgehead atoms. The molecule has 122 valence electrons. The van der Waals surface area contributed by atoms with Crippen LogP contribution in [0, 0.1) is 5.82 Å². The van der Waals surface area contributed by atoms with Crippen molar-refractivity contribution in [2.75, 3.05) is 18.9 Å². The molecular weight excluding hydrogens is 321 g/mol. The summed E-state index contributed by atoms with van der Waals surface area (Å²) in [5.74, 6) is -1.24. The molecule has 2 N–H and O–H groups in total. The molecule has 0 fully saturated rings. The van der Waals surface area contributed by atoms with Crippen molar-refractivity contribution in [1.82, 2.24) is 9.88 Å². The third-order valence-corrected chi connectivity index (χ3v) is 4.01. The van der Waals surface area contributed by atoms with Crippen molar-refractivity contribution >= 4 is 28.5 Å². The molecule has 2 rings (SSSR count). The Bertz CT molecular complexity index is 705. The lowest BCUT2D eigenvalue weighted by Crippen LogP contribution is -2.33. The van der Waals surface area contributed by atoms with Gasteiger partial charge in [0.05, 0.1) is 6.42 Å². The van der Waals surface area contributed by atoms with E-state index in [4.69, 9.17) is 5.11 Å². The highest BCUT2D eigenvalue weighted by atomic mass is 32.1. The summed E-state index contributed by atoms with van der Waals surface area (Å²) in [5.41, 5.74) is 0.563. The van der Waals surface area contributed by atoms with Crippen LogP contribution in [0.2, 0.25) is 0 Å².